The van der Waals surface area contributed by atoms with Crippen LogP contribution in [-0.4, -0.2) is 64.0 Å². The van der Waals surface area contributed by atoms with Crippen LogP contribution in [0.5, 0.6) is 0 Å². The fourth-order valence-electron chi connectivity index (χ4n) is 4.10. The lowest BCUT2D eigenvalue weighted by Crippen LogP contribution is -2.40. The highest BCUT2D eigenvalue weighted by Gasteiger charge is 2.51. The van der Waals surface area contributed by atoms with Gasteiger partial charge in [0, 0.05) is 12.6 Å². The van der Waals surface area contributed by atoms with E-state index in [0.717, 1.165) is 0 Å². The molecule has 0 spiro atoms. The van der Waals surface area contributed by atoms with Crippen LogP contribution in [0.15, 0.2) is 17.1 Å². The Labute approximate surface area is 190 Å². The monoisotopic (exact) mass is 488 g/mol. The molecule has 2 aromatic rings. The van der Waals surface area contributed by atoms with E-state index >= 15 is 0 Å². The molecule has 0 saturated carbocycles. The van der Waals surface area contributed by atoms with E-state index in [1.165, 1.54) is 16.8 Å². The molecule has 4 unspecified atom stereocenters. The zero-order chi connectivity index (χ0) is 24.8. The highest BCUT2D eigenvalue weighted by molar-refractivity contribution is 7.54. The molecule has 3 heterocycles. The van der Waals surface area contributed by atoms with Crippen molar-refractivity contribution in [2.24, 2.45) is 0 Å². The number of H-pyrrole nitrogens is 1. The van der Waals surface area contributed by atoms with E-state index in [9.17, 15) is 29.6 Å². The number of aliphatic hydroxyl groups is 3. The number of hydrogen-bond acceptors (Lipinski definition) is 9. The molecule has 1 fully saturated rings. The quantitative estimate of drug-likeness (QED) is 0.279. The van der Waals surface area contributed by atoms with Crippen LogP contribution in [-0.2, 0) is 13.8 Å². The second-order valence-electron chi connectivity index (χ2n) is 8.77. The molecule has 7 N–H and O–H groups in total. The van der Waals surface area contributed by atoms with Crippen molar-refractivity contribution in [1.29, 1.82) is 0 Å². The van der Waals surface area contributed by atoms with Gasteiger partial charge in [0.05, 0.1) is 17.1 Å². The van der Waals surface area contributed by atoms with Gasteiger partial charge in [-0.2, -0.15) is 4.98 Å². The number of nitrogens with two attached hydrogens (primary N) is 1. The highest BCUT2D eigenvalue weighted by atomic mass is 31.2. The van der Waals surface area contributed by atoms with Crippen LogP contribution in [0.3, 0.4) is 0 Å². The largest absolute Gasteiger partial charge is 0.388 e. The number of aliphatic hydroxyl groups excluding tert-OH is 2. The molecule has 0 bridgehead atoms. The molecule has 3 rings (SSSR count). The molecule has 1 aliphatic rings. The predicted molar refractivity (Wildman–Crippen MR) is 120 cm³/mol. The van der Waals surface area contributed by atoms with E-state index in [0.29, 0.717) is 0 Å². The van der Waals surface area contributed by atoms with Crippen LogP contribution >= 0.6 is 7.60 Å². The Balaban J connectivity index is 1.86. The molecule has 0 radical (unpaired) electrons. The highest BCUT2D eigenvalue weighted by Crippen LogP contribution is 2.60. The lowest BCUT2D eigenvalue weighted by atomic mass is 9.93. The number of nitrogens with zero attached hydrogens (tertiary/aromatic N) is 2. The van der Waals surface area contributed by atoms with Crippen molar-refractivity contribution < 1.29 is 34.0 Å². The normalized spacial score (nSPS) is 27.5. The Morgan fingerprint density at radius 3 is 2.48 bits per heavy atom. The molecule has 1 aliphatic heterocycles. The number of aromatic nitrogens is 3. The van der Waals surface area contributed by atoms with Crippen LogP contribution in [0, 0.1) is 0 Å². The summed E-state index contributed by atoms with van der Waals surface area (Å²) < 4.78 is 25.9. The zero-order valence-corrected chi connectivity index (χ0v) is 20.0. The first-order valence-corrected chi connectivity index (χ1v) is 12.5. The van der Waals surface area contributed by atoms with Gasteiger partial charge in [-0.05, 0) is 32.3 Å². The van der Waals surface area contributed by atoms with E-state index in [-0.39, 0.29) is 42.7 Å². The van der Waals surface area contributed by atoms with E-state index in [2.05, 4.69) is 9.97 Å². The van der Waals surface area contributed by atoms with Crippen molar-refractivity contribution in [3.8, 4) is 0 Å². The summed E-state index contributed by atoms with van der Waals surface area (Å²) in [6.45, 7) is 6.52. The average Bonchev–Trinajstić information content (AvgIpc) is 3.28. The number of fused-ring (bicyclic) bond motifs is 1. The van der Waals surface area contributed by atoms with Crippen LogP contribution < -0.4 is 11.3 Å². The fraction of sp³-hybridized carbons (Fsp3) is 0.700. The van der Waals surface area contributed by atoms with Gasteiger partial charge >= 0.3 is 7.60 Å². The first kappa shape index (κ1) is 25.8. The van der Waals surface area contributed by atoms with Crippen molar-refractivity contribution in [3.63, 3.8) is 0 Å². The minimum Gasteiger partial charge on any atom is -0.388 e. The third-order valence-corrected chi connectivity index (χ3v) is 8.97. The molecule has 12 nitrogen and oxygen atoms in total. The summed E-state index contributed by atoms with van der Waals surface area (Å²) in [5.41, 5.74) is 4.12. The second kappa shape index (κ2) is 9.10. The predicted octanol–water partition coefficient (Wildman–Crippen LogP) is 1.20. The summed E-state index contributed by atoms with van der Waals surface area (Å²) in [5, 5.41) is 30.3. The number of nitrogens with one attached hydrogen (secondary N) is 1. The summed E-state index contributed by atoms with van der Waals surface area (Å²) in [7, 11) is -4.46. The molecular formula is C20H33N4O8P. The van der Waals surface area contributed by atoms with E-state index in [1.54, 1.807) is 27.7 Å². The minimum absolute atomic E-state index is 0.0242. The van der Waals surface area contributed by atoms with Gasteiger partial charge in [-0.3, -0.25) is 14.3 Å². The molecule has 2 aromatic heterocycles. The van der Waals surface area contributed by atoms with Crippen molar-refractivity contribution in [2.45, 2.75) is 88.9 Å². The van der Waals surface area contributed by atoms with Crippen molar-refractivity contribution in [1.82, 2.24) is 14.5 Å². The summed E-state index contributed by atoms with van der Waals surface area (Å²) >= 11 is 0. The fourth-order valence-corrected chi connectivity index (χ4v) is 5.87. The van der Waals surface area contributed by atoms with Gasteiger partial charge in [0.25, 0.3) is 5.56 Å². The smallest absolute Gasteiger partial charge is 0.359 e. The molecular weight excluding hydrogens is 455 g/mol. The third-order valence-electron chi connectivity index (χ3n) is 6.59. The van der Waals surface area contributed by atoms with E-state index < -0.39 is 48.6 Å². The molecule has 186 valence electrons. The van der Waals surface area contributed by atoms with E-state index in [1.807, 2.05) is 0 Å². The Kier molecular flexibility index (Phi) is 7.12. The number of aromatic amines is 1. The maximum atomic E-state index is 12.9. The van der Waals surface area contributed by atoms with Gasteiger partial charge in [-0.15, -0.1) is 0 Å². The van der Waals surface area contributed by atoms with Gasteiger partial charge in [0.15, 0.2) is 17.2 Å². The Hall–Kier alpha value is -1.79. The molecule has 6 atom stereocenters. The van der Waals surface area contributed by atoms with Crippen molar-refractivity contribution in [2.75, 3.05) is 5.73 Å². The number of ether oxygens (including phenoxy) is 1. The summed E-state index contributed by atoms with van der Waals surface area (Å²) in [6.07, 6.45) is -3.00. The van der Waals surface area contributed by atoms with Crippen molar-refractivity contribution >= 4 is 24.6 Å². The Morgan fingerprint density at radius 1 is 1.27 bits per heavy atom. The van der Waals surface area contributed by atoms with Gasteiger partial charge in [-0.1, -0.05) is 20.8 Å². The van der Waals surface area contributed by atoms with E-state index in [4.69, 9.17) is 15.0 Å². The van der Waals surface area contributed by atoms with Crippen LogP contribution in [0.2, 0.25) is 0 Å². The summed E-state index contributed by atoms with van der Waals surface area (Å²) in [5.74, 6) is -0.109. The summed E-state index contributed by atoms with van der Waals surface area (Å²) in [4.78, 5) is 29.1. The third kappa shape index (κ3) is 4.61. The van der Waals surface area contributed by atoms with Gasteiger partial charge in [0.1, 0.15) is 12.2 Å². The molecule has 13 heteroatoms. The number of nitrogen functional groups attached to an aromatic ring is 1. The lowest BCUT2D eigenvalue weighted by Gasteiger charge is -2.38. The maximum absolute atomic E-state index is 12.9. The minimum atomic E-state index is -4.46. The maximum Gasteiger partial charge on any atom is 0.359 e. The van der Waals surface area contributed by atoms with Crippen LogP contribution in [0.1, 0.15) is 59.6 Å². The van der Waals surface area contributed by atoms with Crippen molar-refractivity contribution in [3.05, 3.63) is 22.6 Å². The molecule has 1 saturated heterocycles. The summed E-state index contributed by atoms with van der Waals surface area (Å²) in [6, 6.07) is 1.49. The first-order chi connectivity index (χ1) is 15.3. The molecule has 0 aromatic carbocycles. The topological polar surface area (TPSA) is 193 Å². The molecule has 0 amide bonds. The van der Waals surface area contributed by atoms with Gasteiger partial charge < -0.3 is 39.8 Å². The van der Waals surface area contributed by atoms with Crippen LogP contribution in [0.4, 0.5) is 5.95 Å². The first-order valence-electron chi connectivity index (χ1n) is 11.0. The average molecular weight is 488 g/mol. The van der Waals surface area contributed by atoms with Gasteiger partial charge in [-0.25, -0.2) is 0 Å². The molecule has 33 heavy (non-hydrogen) atoms. The Morgan fingerprint density at radius 2 is 1.91 bits per heavy atom. The standard InChI is InChI=1S/C20H33N4O8P/c1-5-19(4,32-33(29,30)20(28,6-2)7-3)10-12-13(25)14(26)17(31-12)24-9-8-11-15(24)22-18(21)23-16(11)27/h8-9,12-14,17,25-26,28H,5-7,10H2,1-4H3,(H,29,30)(H3,21,22,23,27)/t12?,13?,14-,17-,19?/m1/s1. The molecule has 0 aliphatic carbocycles. The second-order valence-corrected chi connectivity index (χ2v) is 10.8. The number of hydrogen-bond donors (Lipinski definition) is 6. The Bertz CT molecular complexity index is 1100. The lowest BCUT2D eigenvalue weighted by molar-refractivity contribution is -0.0695. The van der Waals surface area contributed by atoms with Gasteiger partial charge in [0.2, 0.25) is 5.95 Å². The number of anilines is 1. The van der Waals surface area contributed by atoms with Crippen LogP contribution in [0.25, 0.3) is 11.0 Å². The zero-order valence-electron chi connectivity index (χ0n) is 19.1. The SMILES string of the molecule is CCC(C)(CC1O[C@@H](n2ccc3c(=O)[nH]c(N)nc32)[C@H](O)C1O)OP(=O)(O)C(O)(CC)CC. The number of rotatable bonds is 9.